The predicted octanol–water partition coefficient (Wildman–Crippen LogP) is 0.212. The van der Waals surface area contributed by atoms with Crippen LogP contribution < -0.4 is 5.32 Å². The fraction of sp³-hybridized carbons (Fsp3) is 0.222. The first-order valence-corrected chi connectivity index (χ1v) is 4.81. The predicted molar refractivity (Wildman–Crippen MR) is 55.5 cm³/mol. The molecule has 8 heteroatoms. The summed E-state index contributed by atoms with van der Waals surface area (Å²) in [6.45, 7) is 0.443. The molecule has 0 spiro atoms. The Hall–Kier alpha value is -2.51. The van der Waals surface area contributed by atoms with Gasteiger partial charge in [0.15, 0.2) is 11.6 Å². The first-order valence-electron chi connectivity index (χ1n) is 4.81. The van der Waals surface area contributed by atoms with Crippen molar-refractivity contribution in [1.29, 1.82) is 0 Å². The van der Waals surface area contributed by atoms with Crippen LogP contribution in [0.3, 0.4) is 0 Å². The second kappa shape index (κ2) is 5.01. The maximum Gasteiger partial charge on any atom is 0.339 e. The Morgan fingerprint density at radius 2 is 2.41 bits per heavy atom. The molecule has 0 aromatic carbocycles. The number of hydrogen-bond acceptors (Lipinski definition) is 7. The van der Waals surface area contributed by atoms with Gasteiger partial charge in [0.2, 0.25) is 6.39 Å². The van der Waals surface area contributed by atoms with Crippen LogP contribution in [0.25, 0.3) is 0 Å². The lowest BCUT2D eigenvalue weighted by molar-refractivity contribution is 0.0697. The van der Waals surface area contributed by atoms with Crippen molar-refractivity contribution < 1.29 is 14.4 Å². The molecular formula is C9H9N5O3. The van der Waals surface area contributed by atoms with E-state index < -0.39 is 5.97 Å². The van der Waals surface area contributed by atoms with Gasteiger partial charge in [0.25, 0.3) is 0 Å². The molecular weight excluding hydrogens is 226 g/mol. The molecule has 0 saturated carbocycles. The molecule has 0 unspecified atom stereocenters. The lowest BCUT2D eigenvalue weighted by Gasteiger charge is -2.05. The molecule has 88 valence electrons. The summed E-state index contributed by atoms with van der Waals surface area (Å²) in [6, 6.07) is 1.38. The summed E-state index contributed by atoms with van der Waals surface area (Å²) < 4.78 is 4.57. The second-order valence-electron chi connectivity index (χ2n) is 3.12. The highest BCUT2D eigenvalue weighted by Crippen LogP contribution is 2.09. The zero-order chi connectivity index (χ0) is 12.1. The fourth-order valence-corrected chi connectivity index (χ4v) is 1.23. The molecule has 0 amide bonds. The maximum absolute atomic E-state index is 10.9. The molecule has 2 aromatic heterocycles. The van der Waals surface area contributed by atoms with Gasteiger partial charge in [-0.15, -0.1) is 5.10 Å². The summed E-state index contributed by atoms with van der Waals surface area (Å²) in [5.74, 6) is -0.288. The van der Waals surface area contributed by atoms with Crippen LogP contribution in [0.5, 0.6) is 0 Å². The van der Waals surface area contributed by atoms with Crippen molar-refractivity contribution in [2.75, 3.05) is 11.9 Å². The van der Waals surface area contributed by atoms with Crippen molar-refractivity contribution in [2.24, 2.45) is 0 Å². The summed E-state index contributed by atoms with van der Waals surface area (Å²) in [5, 5.41) is 22.7. The molecule has 8 nitrogen and oxygen atoms in total. The molecule has 2 heterocycles. The Bertz CT molecular complexity index is 499. The van der Waals surface area contributed by atoms with Gasteiger partial charge in [-0.3, -0.25) is 0 Å². The first kappa shape index (κ1) is 11.0. The van der Waals surface area contributed by atoms with Crippen molar-refractivity contribution in [1.82, 2.24) is 20.3 Å². The Morgan fingerprint density at radius 3 is 3.12 bits per heavy atom. The zero-order valence-corrected chi connectivity index (χ0v) is 8.70. The third kappa shape index (κ3) is 2.74. The van der Waals surface area contributed by atoms with Gasteiger partial charge in [-0.1, -0.05) is 5.16 Å². The van der Waals surface area contributed by atoms with E-state index in [1.165, 1.54) is 18.7 Å². The number of aromatic nitrogens is 4. The highest BCUT2D eigenvalue weighted by atomic mass is 16.5. The minimum absolute atomic E-state index is 0.0770. The lowest BCUT2D eigenvalue weighted by atomic mass is 10.3. The molecule has 2 N–H and O–H groups in total. The first-order chi connectivity index (χ1) is 8.27. The summed E-state index contributed by atoms with van der Waals surface area (Å²) in [7, 11) is 0. The van der Waals surface area contributed by atoms with E-state index in [4.69, 9.17) is 5.11 Å². The van der Waals surface area contributed by atoms with Crippen LogP contribution in [-0.4, -0.2) is 38.0 Å². The van der Waals surface area contributed by atoms with Gasteiger partial charge in [-0.2, -0.15) is 10.1 Å². The van der Waals surface area contributed by atoms with Crippen molar-refractivity contribution >= 4 is 11.8 Å². The van der Waals surface area contributed by atoms with Crippen molar-refractivity contribution in [3.8, 4) is 0 Å². The molecule has 0 saturated heterocycles. The number of anilines is 1. The van der Waals surface area contributed by atoms with E-state index in [1.54, 1.807) is 0 Å². The molecule has 0 aliphatic carbocycles. The maximum atomic E-state index is 10.9. The highest BCUT2D eigenvalue weighted by molar-refractivity contribution is 5.92. The van der Waals surface area contributed by atoms with E-state index in [1.807, 2.05) is 0 Å². The average molecular weight is 235 g/mol. The second-order valence-corrected chi connectivity index (χ2v) is 3.12. The van der Waals surface area contributed by atoms with Crippen LogP contribution in [0.15, 0.2) is 23.2 Å². The summed E-state index contributed by atoms with van der Waals surface area (Å²) in [5.41, 5.74) is 0.0770. The SMILES string of the molecule is O=C(O)c1ccnnc1NCCc1ncon1. The van der Waals surface area contributed by atoms with Crippen molar-refractivity contribution in [3.63, 3.8) is 0 Å². The average Bonchev–Trinajstić information content (AvgIpc) is 2.82. The number of nitrogens with one attached hydrogen (secondary N) is 1. The van der Waals surface area contributed by atoms with Gasteiger partial charge < -0.3 is 14.9 Å². The van der Waals surface area contributed by atoms with Crippen LogP contribution in [0, 0.1) is 0 Å². The van der Waals surface area contributed by atoms with E-state index in [0.717, 1.165) is 0 Å². The topological polar surface area (TPSA) is 114 Å². The van der Waals surface area contributed by atoms with Crippen molar-refractivity contribution in [3.05, 3.63) is 30.0 Å². The molecule has 0 aliphatic heterocycles. The highest BCUT2D eigenvalue weighted by Gasteiger charge is 2.10. The monoisotopic (exact) mass is 235 g/mol. The standard InChI is InChI=1S/C9H9N5O3/c15-9(16)6-1-4-12-13-8(6)10-3-2-7-11-5-17-14-7/h1,4-5H,2-3H2,(H,10,13)(H,15,16). The number of aromatic carboxylic acids is 1. The molecule has 0 bridgehead atoms. The summed E-state index contributed by atoms with van der Waals surface area (Å²) >= 11 is 0. The van der Waals surface area contributed by atoms with Crippen LogP contribution >= 0.6 is 0 Å². The fourth-order valence-electron chi connectivity index (χ4n) is 1.23. The minimum atomic E-state index is -1.05. The normalized spacial score (nSPS) is 10.1. The summed E-state index contributed by atoms with van der Waals surface area (Å²) in [6.07, 6.45) is 3.07. The van der Waals surface area contributed by atoms with Crippen LogP contribution in [0.2, 0.25) is 0 Å². The molecule has 0 fully saturated rings. The molecule has 17 heavy (non-hydrogen) atoms. The molecule has 0 atom stereocenters. The van der Waals surface area contributed by atoms with E-state index in [-0.39, 0.29) is 11.4 Å². The molecule has 2 rings (SSSR count). The number of carboxylic acid groups (broad SMARTS) is 1. The summed E-state index contributed by atoms with van der Waals surface area (Å²) in [4.78, 5) is 14.7. The van der Waals surface area contributed by atoms with Gasteiger partial charge in [0, 0.05) is 13.0 Å². The lowest BCUT2D eigenvalue weighted by Crippen LogP contribution is -2.12. The number of rotatable bonds is 5. The Labute approximate surface area is 95.7 Å². The smallest absolute Gasteiger partial charge is 0.339 e. The van der Waals surface area contributed by atoms with Gasteiger partial charge in [-0.25, -0.2) is 4.79 Å². The van der Waals surface area contributed by atoms with E-state index in [9.17, 15) is 4.79 Å². The Balaban J connectivity index is 1.97. The van der Waals surface area contributed by atoms with Gasteiger partial charge in [0.05, 0.1) is 6.20 Å². The van der Waals surface area contributed by atoms with Crippen LogP contribution in [-0.2, 0) is 6.42 Å². The van der Waals surface area contributed by atoms with Gasteiger partial charge in [-0.05, 0) is 6.07 Å². The molecule has 0 aliphatic rings. The Morgan fingerprint density at radius 1 is 1.53 bits per heavy atom. The van der Waals surface area contributed by atoms with Gasteiger partial charge in [0.1, 0.15) is 5.56 Å². The van der Waals surface area contributed by atoms with Crippen LogP contribution in [0.1, 0.15) is 16.2 Å². The third-order valence-corrected chi connectivity index (χ3v) is 2.00. The molecule has 2 aromatic rings. The van der Waals surface area contributed by atoms with E-state index >= 15 is 0 Å². The van der Waals surface area contributed by atoms with Crippen LogP contribution in [0.4, 0.5) is 5.82 Å². The minimum Gasteiger partial charge on any atom is -0.478 e. The van der Waals surface area contributed by atoms with E-state index in [2.05, 4.69) is 30.2 Å². The number of nitrogens with zero attached hydrogens (tertiary/aromatic N) is 4. The number of carboxylic acids is 1. The zero-order valence-electron chi connectivity index (χ0n) is 8.70. The van der Waals surface area contributed by atoms with E-state index in [0.29, 0.717) is 18.8 Å². The third-order valence-electron chi connectivity index (χ3n) is 2.00. The number of hydrogen-bond donors (Lipinski definition) is 2. The number of carbonyl (C=O) groups is 1. The molecule has 0 radical (unpaired) electrons. The quantitative estimate of drug-likeness (QED) is 0.755. The Kier molecular flexibility index (Phi) is 3.24. The largest absolute Gasteiger partial charge is 0.478 e. The van der Waals surface area contributed by atoms with Gasteiger partial charge >= 0.3 is 5.97 Å². The van der Waals surface area contributed by atoms with Crippen molar-refractivity contribution in [2.45, 2.75) is 6.42 Å².